The number of rotatable bonds is 9. The largest absolute Gasteiger partial charge is 0.497 e. The van der Waals surface area contributed by atoms with Crippen molar-refractivity contribution >= 4 is 29.3 Å². The lowest BCUT2D eigenvalue weighted by molar-refractivity contribution is -0.113. The highest BCUT2D eigenvalue weighted by Gasteiger charge is 2.35. The normalized spacial score (nSPS) is 14.3. The molecule has 0 saturated heterocycles. The maximum Gasteiger partial charge on any atom is 0.255 e. The van der Waals surface area contributed by atoms with Gasteiger partial charge in [-0.05, 0) is 61.4 Å². The molecule has 40 heavy (non-hydrogen) atoms. The minimum Gasteiger partial charge on any atom is -0.497 e. The fourth-order valence-corrected chi connectivity index (χ4v) is 5.41. The zero-order valence-corrected chi connectivity index (χ0v) is 23.8. The van der Waals surface area contributed by atoms with E-state index >= 15 is 0 Å². The molecule has 5 rings (SSSR count). The number of methoxy groups -OCH3 is 3. The Morgan fingerprint density at radius 1 is 0.975 bits per heavy atom. The van der Waals surface area contributed by atoms with Crippen molar-refractivity contribution in [2.24, 2.45) is 0 Å². The molecule has 0 radical (unpaired) electrons. The summed E-state index contributed by atoms with van der Waals surface area (Å²) in [4.78, 5) is 18.5. The van der Waals surface area contributed by atoms with Gasteiger partial charge in [0.15, 0.2) is 11.5 Å². The quantitative estimate of drug-likeness (QED) is 0.248. The molecule has 3 aromatic carbocycles. The molecule has 1 amide bonds. The van der Waals surface area contributed by atoms with E-state index < -0.39 is 6.04 Å². The maximum absolute atomic E-state index is 13.8. The SMILES string of the molecule is COc1ccc(NC(=O)C2=C(C)Nc3nc(SCc4cccc(C)c4)nn3[C@@H]2c2ccc(OC)c(OC)c2)cc1. The van der Waals surface area contributed by atoms with Gasteiger partial charge in [0.05, 0.1) is 26.9 Å². The van der Waals surface area contributed by atoms with E-state index in [0.29, 0.717) is 45.3 Å². The van der Waals surface area contributed by atoms with E-state index in [1.54, 1.807) is 62.0 Å². The van der Waals surface area contributed by atoms with Crippen LogP contribution in [-0.2, 0) is 10.5 Å². The molecule has 0 fully saturated rings. The van der Waals surface area contributed by atoms with Crippen LogP contribution in [0.2, 0.25) is 0 Å². The van der Waals surface area contributed by atoms with Crippen molar-refractivity contribution in [3.05, 3.63) is 94.7 Å². The van der Waals surface area contributed by atoms with Gasteiger partial charge < -0.3 is 24.8 Å². The molecule has 1 aliphatic heterocycles. The van der Waals surface area contributed by atoms with E-state index in [4.69, 9.17) is 24.3 Å². The van der Waals surface area contributed by atoms with Crippen LogP contribution in [0.1, 0.15) is 29.7 Å². The van der Waals surface area contributed by atoms with Crippen molar-refractivity contribution in [3.63, 3.8) is 0 Å². The van der Waals surface area contributed by atoms with Crippen LogP contribution in [0.3, 0.4) is 0 Å². The molecule has 0 saturated carbocycles. The molecule has 206 valence electrons. The molecule has 10 heteroatoms. The molecule has 4 aromatic rings. The van der Waals surface area contributed by atoms with Crippen molar-refractivity contribution in [3.8, 4) is 17.2 Å². The Hall–Kier alpha value is -4.44. The Labute approximate surface area is 237 Å². The van der Waals surface area contributed by atoms with E-state index in [0.717, 1.165) is 11.3 Å². The van der Waals surface area contributed by atoms with Crippen LogP contribution in [0.5, 0.6) is 17.2 Å². The second-order valence-corrected chi connectivity index (χ2v) is 10.2. The number of nitrogens with zero attached hydrogens (tertiary/aromatic N) is 3. The standard InChI is InChI=1S/C30H31N5O4S/c1-18-7-6-8-20(15-18)17-40-30-33-29-31-19(2)26(28(36)32-22-10-12-23(37-3)13-11-22)27(35(29)34-30)21-9-14-24(38-4)25(16-21)39-5/h6-16,27H,17H2,1-5H3,(H,32,36)(H,31,33,34)/t27-/m1/s1. The summed E-state index contributed by atoms with van der Waals surface area (Å²) < 4.78 is 18.0. The molecule has 9 nitrogen and oxygen atoms in total. The summed E-state index contributed by atoms with van der Waals surface area (Å²) in [5.41, 5.74) is 5.04. The molecule has 0 bridgehead atoms. The highest BCUT2D eigenvalue weighted by molar-refractivity contribution is 7.98. The van der Waals surface area contributed by atoms with E-state index in [1.807, 2.05) is 31.2 Å². The number of aryl methyl sites for hydroxylation is 1. The number of allylic oxidation sites excluding steroid dienone is 1. The summed E-state index contributed by atoms with van der Waals surface area (Å²) in [5, 5.41) is 11.8. The molecule has 1 atom stereocenters. The first-order chi connectivity index (χ1) is 19.4. The number of anilines is 2. The van der Waals surface area contributed by atoms with Gasteiger partial charge in [-0.25, -0.2) is 4.68 Å². The number of nitrogens with one attached hydrogen (secondary N) is 2. The summed E-state index contributed by atoms with van der Waals surface area (Å²) in [6.45, 7) is 3.95. The lowest BCUT2D eigenvalue weighted by atomic mass is 9.94. The van der Waals surface area contributed by atoms with Crippen LogP contribution in [0.15, 0.2) is 83.2 Å². The van der Waals surface area contributed by atoms with Crippen LogP contribution in [0.4, 0.5) is 11.6 Å². The number of hydrogen-bond donors (Lipinski definition) is 2. The molecular formula is C30H31N5O4S. The second-order valence-electron chi connectivity index (χ2n) is 9.30. The Morgan fingerprint density at radius 2 is 1.75 bits per heavy atom. The van der Waals surface area contributed by atoms with Crippen LogP contribution < -0.4 is 24.8 Å². The minimum absolute atomic E-state index is 0.259. The van der Waals surface area contributed by atoms with Crippen LogP contribution in [-0.4, -0.2) is 42.0 Å². The highest BCUT2D eigenvalue weighted by atomic mass is 32.2. The van der Waals surface area contributed by atoms with Crippen LogP contribution in [0, 0.1) is 6.92 Å². The zero-order chi connectivity index (χ0) is 28.2. The number of aromatic nitrogens is 3. The fourth-order valence-electron chi connectivity index (χ4n) is 4.64. The van der Waals surface area contributed by atoms with Crippen molar-refractivity contribution in [2.75, 3.05) is 32.0 Å². The predicted molar refractivity (Wildman–Crippen MR) is 156 cm³/mol. The third-order valence-corrected chi connectivity index (χ3v) is 7.51. The van der Waals surface area contributed by atoms with Gasteiger partial charge in [0.1, 0.15) is 11.8 Å². The van der Waals surface area contributed by atoms with Crippen molar-refractivity contribution in [2.45, 2.75) is 30.8 Å². The summed E-state index contributed by atoms with van der Waals surface area (Å²) >= 11 is 1.54. The molecule has 1 aromatic heterocycles. The highest BCUT2D eigenvalue weighted by Crippen LogP contribution is 2.40. The number of benzene rings is 3. The zero-order valence-electron chi connectivity index (χ0n) is 23.0. The average molecular weight is 558 g/mol. The summed E-state index contributed by atoms with van der Waals surface area (Å²) in [6, 6.07) is 20.6. The number of carbonyl (C=O) groups excluding carboxylic acids is 1. The molecule has 0 unspecified atom stereocenters. The molecule has 0 aliphatic carbocycles. The van der Waals surface area contributed by atoms with Crippen LogP contribution in [0.25, 0.3) is 0 Å². The smallest absolute Gasteiger partial charge is 0.255 e. The topological polar surface area (TPSA) is 99.5 Å². The van der Waals surface area contributed by atoms with Crippen molar-refractivity contribution in [1.29, 1.82) is 0 Å². The summed E-state index contributed by atoms with van der Waals surface area (Å²) in [7, 11) is 4.78. The lowest BCUT2D eigenvalue weighted by Gasteiger charge is -2.29. The van der Waals surface area contributed by atoms with Gasteiger partial charge in [-0.1, -0.05) is 47.7 Å². The Bertz CT molecular complexity index is 1560. The van der Waals surface area contributed by atoms with Gasteiger partial charge in [-0.2, -0.15) is 4.98 Å². The van der Waals surface area contributed by atoms with Gasteiger partial charge in [-0.15, -0.1) is 5.10 Å². The average Bonchev–Trinajstić information content (AvgIpc) is 3.37. The van der Waals surface area contributed by atoms with E-state index in [2.05, 4.69) is 35.8 Å². The Kier molecular flexibility index (Phi) is 7.97. The maximum atomic E-state index is 13.8. The second kappa shape index (κ2) is 11.7. The first-order valence-electron chi connectivity index (χ1n) is 12.7. The summed E-state index contributed by atoms with van der Waals surface area (Å²) in [5.74, 6) is 2.89. The van der Waals surface area contributed by atoms with Crippen LogP contribution >= 0.6 is 11.8 Å². The Morgan fingerprint density at radius 3 is 2.45 bits per heavy atom. The van der Waals surface area contributed by atoms with Gasteiger partial charge in [-0.3, -0.25) is 4.79 Å². The third kappa shape index (κ3) is 5.62. The Balaban J connectivity index is 1.51. The fraction of sp³-hybridized carbons (Fsp3) is 0.233. The third-order valence-electron chi connectivity index (χ3n) is 6.60. The van der Waals surface area contributed by atoms with E-state index in [1.165, 1.54) is 11.1 Å². The van der Waals surface area contributed by atoms with Crippen molar-refractivity contribution in [1.82, 2.24) is 14.8 Å². The number of thioether (sulfide) groups is 1. The molecular weight excluding hydrogens is 526 g/mol. The number of hydrogen-bond acceptors (Lipinski definition) is 8. The van der Waals surface area contributed by atoms with E-state index in [9.17, 15) is 4.79 Å². The molecule has 0 spiro atoms. The predicted octanol–water partition coefficient (Wildman–Crippen LogP) is 5.83. The van der Waals surface area contributed by atoms with Crippen molar-refractivity contribution < 1.29 is 19.0 Å². The number of carbonyl (C=O) groups is 1. The van der Waals surface area contributed by atoms with Gasteiger partial charge >= 0.3 is 0 Å². The number of ether oxygens (including phenoxy) is 3. The first-order valence-corrected chi connectivity index (χ1v) is 13.7. The minimum atomic E-state index is -0.560. The number of fused-ring (bicyclic) bond motifs is 1. The van der Waals surface area contributed by atoms with Gasteiger partial charge in [0.2, 0.25) is 11.1 Å². The molecule has 2 N–H and O–H groups in total. The van der Waals surface area contributed by atoms with E-state index in [-0.39, 0.29) is 5.91 Å². The molecule has 2 heterocycles. The summed E-state index contributed by atoms with van der Waals surface area (Å²) in [6.07, 6.45) is 0. The first kappa shape index (κ1) is 27.1. The molecule has 1 aliphatic rings. The van der Waals surface area contributed by atoms with Gasteiger partial charge in [0, 0.05) is 17.1 Å². The van der Waals surface area contributed by atoms with Gasteiger partial charge in [0.25, 0.3) is 5.91 Å². The lowest BCUT2D eigenvalue weighted by Crippen LogP contribution is -2.31. The number of amides is 1. The monoisotopic (exact) mass is 557 g/mol.